The molecule has 0 radical (unpaired) electrons. The summed E-state index contributed by atoms with van der Waals surface area (Å²) in [4.78, 5) is 5.22. The summed E-state index contributed by atoms with van der Waals surface area (Å²) < 4.78 is 9.45. The highest BCUT2D eigenvalue weighted by molar-refractivity contribution is 6.26. The summed E-state index contributed by atoms with van der Waals surface area (Å²) in [5.41, 5.74) is 12.3. The van der Waals surface area contributed by atoms with E-state index < -0.39 is 0 Å². The lowest BCUT2D eigenvalue weighted by Crippen LogP contribution is -2.05. The van der Waals surface area contributed by atoms with Crippen molar-refractivity contribution in [3.05, 3.63) is 237 Å². The Morgan fingerprint density at radius 3 is 1.23 bits per heavy atom. The molecule has 5 heteroatoms. The Labute approximate surface area is 379 Å². The van der Waals surface area contributed by atoms with Gasteiger partial charge in [-0.1, -0.05) is 127 Å². The van der Waals surface area contributed by atoms with Crippen LogP contribution in [-0.2, 0) is 0 Å². The average molecular weight is 842 g/mol. The fourth-order valence-electron chi connectivity index (χ4n) is 10.8. The molecule has 0 atom stereocenters. The molecule has 0 aliphatic rings. The number of pyridine rings is 1. The van der Waals surface area contributed by atoms with Crippen LogP contribution in [-0.4, -0.2) is 23.3 Å². The van der Waals surface area contributed by atoms with Gasteiger partial charge in [0, 0.05) is 73.7 Å². The van der Waals surface area contributed by atoms with Crippen molar-refractivity contribution in [1.29, 1.82) is 0 Å². The zero-order chi connectivity index (χ0) is 43.3. The molecule has 4 heterocycles. The van der Waals surface area contributed by atoms with Crippen molar-refractivity contribution >= 4 is 97.9 Å². The monoisotopic (exact) mass is 841 g/mol. The Balaban J connectivity index is 1.07. The van der Waals surface area contributed by atoms with Gasteiger partial charge in [0.05, 0.1) is 38.6 Å². The molecule has 10 aromatic carbocycles. The van der Waals surface area contributed by atoms with E-state index in [1.807, 2.05) is 6.20 Å². The highest BCUT2D eigenvalue weighted by Gasteiger charge is 2.19. The molecule has 0 spiro atoms. The van der Waals surface area contributed by atoms with Gasteiger partial charge in [-0.2, -0.15) is 0 Å². The first kappa shape index (κ1) is 36.5. The summed E-state index contributed by atoms with van der Waals surface area (Å²) in [6.07, 6.45) is 6.28. The lowest BCUT2D eigenvalue weighted by Gasteiger charge is -2.19. The molecule has 14 rings (SSSR count). The molecule has 4 aromatic heterocycles. The SMILES string of the molecule is c1ccc(-n2ccn(-c3ccccc3)c3cc4c(cc32)c2ccccc2c2cc(-n3c5ccccc5c5cc(-n6c7ccccc7c7ccccc76)ccc53)ccc2c2cccnc24)cc1. The topological polar surface area (TPSA) is 32.6 Å². The maximum absolute atomic E-state index is 5.22. The lowest BCUT2D eigenvalue weighted by molar-refractivity contribution is 1.01. The minimum Gasteiger partial charge on any atom is -0.314 e. The van der Waals surface area contributed by atoms with Crippen molar-refractivity contribution in [2.45, 2.75) is 0 Å². The van der Waals surface area contributed by atoms with E-state index in [-0.39, 0.29) is 0 Å². The number of rotatable bonds is 4. The van der Waals surface area contributed by atoms with E-state index in [0.717, 1.165) is 71.7 Å². The van der Waals surface area contributed by atoms with Gasteiger partial charge in [-0.3, -0.25) is 4.98 Å². The van der Waals surface area contributed by atoms with Gasteiger partial charge in [-0.05, 0) is 118 Å². The summed E-state index contributed by atoms with van der Waals surface area (Å²) in [6, 6.07) is 79.4. The summed E-state index contributed by atoms with van der Waals surface area (Å²) in [6.45, 7) is 0. The maximum atomic E-state index is 5.22. The molecule has 66 heavy (non-hydrogen) atoms. The van der Waals surface area contributed by atoms with E-state index in [4.69, 9.17) is 4.98 Å². The second-order valence-electron chi connectivity index (χ2n) is 17.2. The van der Waals surface area contributed by atoms with Crippen LogP contribution in [0.2, 0.25) is 0 Å². The third-order valence-electron chi connectivity index (χ3n) is 13.7. The summed E-state index contributed by atoms with van der Waals surface area (Å²) in [7, 11) is 0. The largest absolute Gasteiger partial charge is 0.314 e. The van der Waals surface area contributed by atoms with Gasteiger partial charge in [0.15, 0.2) is 0 Å². The fraction of sp³-hybridized carbons (Fsp3) is 0. The van der Waals surface area contributed by atoms with E-state index in [1.165, 1.54) is 48.9 Å². The van der Waals surface area contributed by atoms with Crippen LogP contribution < -0.4 is 0 Å². The summed E-state index contributed by atoms with van der Waals surface area (Å²) in [5.74, 6) is 0. The number of fused-ring (bicyclic) bond motifs is 15. The smallest absolute Gasteiger partial charge is 0.0787 e. The minimum absolute atomic E-state index is 0.960. The number of aromatic nitrogens is 5. The number of hydrogen-bond donors (Lipinski definition) is 0. The van der Waals surface area contributed by atoms with Crippen LogP contribution in [0.5, 0.6) is 0 Å². The molecule has 0 bridgehead atoms. The van der Waals surface area contributed by atoms with Crippen LogP contribution in [0.3, 0.4) is 0 Å². The van der Waals surface area contributed by atoms with E-state index in [0.29, 0.717) is 0 Å². The molecule has 308 valence electrons. The van der Waals surface area contributed by atoms with Gasteiger partial charge in [-0.15, -0.1) is 0 Å². The first-order valence-electron chi connectivity index (χ1n) is 22.5. The average Bonchev–Trinajstić information content (AvgIpc) is 3.90. The number of benzene rings is 9. The van der Waals surface area contributed by atoms with Crippen molar-refractivity contribution in [2.24, 2.45) is 0 Å². The normalized spacial score (nSPS) is 11.9. The van der Waals surface area contributed by atoms with Gasteiger partial charge >= 0.3 is 0 Å². The Bertz CT molecular complexity index is 4280. The van der Waals surface area contributed by atoms with Crippen LogP contribution in [0.1, 0.15) is 0 Å². The summed E-state index contributed by atoms with van der Waals surface area (Å²) >= 11 is 0. The fourth-order valence-corrected chi connectivity index (χ4v) is 10.8. The molecular formula is C61H39N5. The molecule has 14 aromatic rings. The quantitative estimate of drug-likeness (QED) is 0.174. The van der Waals surface area contributed by atoms with Crippen LogP contribution in [0, 0.1) is 0 Å². The molecule has 0 saturated heterocycles. The first-order valence-corrected chi connectivity index (χ1v) is 22.5. The van der Waals surface area contributed by atoms with Crippen LogP contribution in [0.15, 0.2) is 237 Å². The van der Waals surface area contributed by atoms with Gasteiger partial charge < -0.3 is 18.3 Å². The van der Waals surface area contributed by atoms with Gasteiger partial charge in [0.1, 0.15) is 0 Å². The Hall–Kier alpha value is -8.93. The number of nitrogens with zero attached hydrogens (tertiary/aromatic N) is 5. The second kappa shape index (κ2) is 14.3. The zero-order valence-electron chi connectivity index (χ0n) is 35.8. The lowest BCUT2D eigenvalue weighted by atomic mass is 9.95. The van der Waals surface area contributed by atoms with Crippen molar-refractivity contribution in [1.82, 2.24) is 23.3 Å². The second-order valence-corrected chi connectivity index (χ2v) is 17.2. The molecule has 0 N–H and O–H groups in total. The van der Waals surface area contributed by atoms with E-state index in [9.17, 15) is 0 Å². The van der Waals surface area contributed by atoms with Crippen molar-refractivity contribution in [3.8, 4) is 22.7 Å². The molecular weight excluding hydrogens is 803 g/mol. The van der Waals surface area contributed by atoms with Crippen molar-refractivity contribution in [2.75, 3.05) is 0 Å². The van der Waals surface area contributed by atoms with Gasteiger partial charge in [0.2, 0.25) is 0 Å². The third kappa shape index (κ3) is 5.38. The molecule has 0 unspecified atom stereocenters. The Morgan fingerprint density at radius 1 is 0.242 bits per heavy atom. The zero-order valence-corrected chi connectivity index (χ0v) is 35.8. The highest BCUT2D eigenvalue weighted by atomic mass is 15.1. The van der Waals surface area contributed by atoms with Crippen LogP contribution in [0.25, 0.3) is 121 Å². The molecule has 5 nitrogen and oxygen atoms in total. The predicted octanol–water partition coefficient (Wildman–Crippen LogP) is 15.7. The highest BCUT2D eigenvalue weighted by Crippen LogP contribution is 2.41. The first-order chi connectivity index (χ1) is 32.8. The molecule has 0 aliphatic carbocycles. The van der Waals surface area contributed by atoms with E-state index in [1.54, 1.807) is 0 Å². The number of para-hydroxylation sites is 5. The molecule has 0 fully saturated rings. The Morgan fingerprint density at radius 2 is 0.652 bits per heavy atom. The Kier molecular flexibility index (Phi) is 7.91. The summed E-state index contributed by atoms with van der Waals surface area (Å²) in [5, 5.41) is 12.9. The van der Waals surface area contributed by atoms with Crippen molar-refractivity contribution in [3.63, 3.8) is 0 Å². The maximum Gasteiger partial charge on any atom is 0.0787 e. The standard InChI is InChI=1S/C61H39N5/c1-3-16-40(17-4-1)63-34-35-64(41-18-5-2-6-19-41)60-39-54-52(38-59(60)63)45-21-8-7-20-44(45)51-36-42(29-31-46(51)50-25-15-33-62-61(50)54)66-57-28-14-11-24-49(57)53-37-43(30-32-58(53)66)65-55-26-12-9-22-47(55)48-23-10-13-27-56(48)65/h1-39H. The van der Waals surface area contributed by atoms with Crippen LogP contribution in [0.4, 0.5) is 0 Å². The van der Waals surface area contributed by atoms with E-state index >= 15 is 0 Å². The van der Waals surface area contributed by atoms with Gasteiger partial charge in [0.25, 0.3) is 0 Å². The minimum atomic E-state index is 0.960. The van der Waals surface area contributed by atoms with Crippen LogP contribution >= 0.6 is 0 Å². The van der Waals surface area contributed by atoms with Gasteiger partial charge in [-0.25, -0.2) is 0 Å². The number of hydrogen-bond acceptors (Lipinski definition) is 1. The molecule has 0 saturated carbocycles. The third-order valence-corrected chi connectivity index (χ3v) is 13.7. The van der Waals surface area contributed by atoms with Crippen molar-refractivity contribution < 1.29 is 0 Å². The molecule has 0 aliphatic heterocycles. The van der Waals surface area contributed by atoms with E-state index in [2.05, 4.69) is 249 Å². The predicted molar refractivity (Wildman–Crippen MR) is 277 cm³/mol. The molecule has 0 amide bonds.